The van der Waals surface area contributed by atoms with E-state index in [0.29, 0.717) is 62.3 Å². The van der Waals surface area contributed by atoms with Crippen molar-refractivity contribution in [3.8, 4) is 17.1 Å². The zero-order valence-electron chi connectivity index (χ0n) is 25.8. The Hall–Kier alpha value is -4.30. The molecule has 0 atom stereocenters. The molecule has 240 valence electrons. The van der Waals surface area contributed by atoms with Gasteiger partial charge < -0.3 is 19.4 Å². The van der Waals surface area contributed by atoms with Crippen LogP contribution in [0.1, 0.15) is 57.8 Å². The third kappa shape index (κ3) is 7.34. The van der Waals surface area contributed by atoms with E-state index in [1.54, 1.807) is 28.8 Å². The Morgan fingerprint density at radius 1 is 1.09 bits per heavy atom. The minimum Gasteiger partial charge on any atom is -0.493 e. The number of nitrogens with one attached hydrogen (secondary N) is 2. The molecule has 5 rings (SSSR count). The maximum absolute atomic E-state index is 13.6. The van der Waals surface area contributed by atoms with Crippen LogP contribution in [0.15, 0.2) is 52.3 Å². The highest BCUT2D eigenvalue weighted by Gasteiger charge is 2.28. The second-order valence-electron chi connectivity index (χ2n) is 10.9. The van der Waals surface area contributed by atoms with Crippen molar-refractivity contribution >= 4 is 27.1 Å². The predicted octanol–water partition coefficient (Wildman–Crippen LogP) is 3.87. The summed E-state index contributed by atoms with van der Waals surface area (Å²) in [5, 5.41) is 4.58. The largest absolute Gasteiger partial charge is 0.493 e. The number of likely N-dealkylation sites (tertiary alicyclic amines) is 1. The number of rotatable bonds is 12. The predicted molar refractivity (Wildman–Crippen MR) is 169 cm³/mol. The fourth-order valence-electron chi connectivity index (χ4n) is 5.33. The van der Waals surface area contributed by atoms with E-state index in [2.05, 4.69) is 19.8 Å². The van der Waals surface area contributed by atoms with Crippen LogP contribution in [0, 0.1) is 0 Å². The normalized spacial score (nSPS) is 14.2. The Morgan fingerprint density at radius 2 is 1.89 bits per heavy atom. The average Bonchev–Trinajstić information content (AvgIpc) is 3.38. The van der Waals surface area contributed by atoms with Crippen LogP contribution < -0.4 is 15.0 Å². The van der Waals surface area contributed by atoms with Gasteiger partial charge in [-0.05, 0) is 62.9 Å². The number of hydrogen-bond acceptors (Lipinski definition) is 9. The Kier molecular flexibility index (Phi) is 10.1. The highest BCUT2D eigenvalue weighted by Crippen LogP contribution is 2.32. The number of hydrogen-bond donors (Lipinski definition) is 2. The van der Waals surface area contributed by atoms with Gasteiger partial charge in [-0.15, -0.1) is 0 Å². The number of benzene rings is 1. The van der Waals surface area contributed by atoms with Crippen LogP contribution in [-0.4, -0.2) is 76.5 Å². The molecule has 0 aliphatic carbocycles. The molecular formula is C31H39N7O6S. The number of aromatic nitrogens is 5. The fraction of sp³-hybridized carbons (Fsp3) is 0.452. The molecule has 1 aromatic carbocycles. The number of pyridine rings is 1. The molecule has 4 aromatic rings. The van der Waals surface area contributed by atoms with Crippen molar-refractivity contribution in [1.82, 2.24) is 34.4 Å². The molecule has 45 heavy (non-hydrogen) atoms. The molecule has 0 saturated carbocycles. The first kappa shape index (κ1) is 32.1. The summed E-state index contributed by atoms with van der Waals surface area (Å²) in [6.45, 7) is 7.59. The highest BCUT2D eigenvalue weighted by atomic mass is 32.2. The van der Waals surface area contributed by atoms with Gasteiger partial charge in [0, 0.05) is 25.3 Å². The number of sulfonamides is 1. The SMILES string of the molecule is CCCOc1ccc(S(=O)(=O)NC2CCN(C(=O)OCC)CC2)cc1-c1nc2c(CCC)n(Cc3ccccn3)nc2c(=O)[nH]1. The molecule has 1 aliphatic rings. The summed E-state index contributed by atoms with van der Waals surface area (Å²) < 4.78 is 42.7. The van der Waals surface area contributed by atoms with Gasteiger partial charge in [-0.1, -0.05) is 26.3 Å². The Bertz CT molecular complexity index is 1800. The molecule has 13 nitrogen and oxygen atoms in total. The monoisotopic (exact) mass is 637 g/mol. The number of piperidine rings is 1. The van der Waals surface area contributed by atoms with Crippen LogP contribution in [0.3, 0.4) is 0 Å². The minimum atomic E-state index is -3.96. The topological polar surface area (TPSA) is 161 Å². The van der Waals surface area contributed by atoms with Gasteiger partial charge in [-0.2, -0.15) is 5.10 Å². The van der Waals surface area contributed by atoms with Gasteiger partial charge in [0.15, 0.2) is 5.52 Å². The van der Waals surface area contributed by atoms with Crippen molar-refractivity contribution in [1.29, 1.82) is 0 Å². The lowest BCUT2D eigenvalue weighted by molar-refractivity contribution is 0.0966. The first-order valence-corrected chi connectivity index (χ1v) is 16.8. The fourth-order valence-corrected chi connectivity index (χ4v) is 6.66. The van der Waals surface area contributed by atoms with Crippen molar-refractivity contribution < 1.29 is 22.7 Å². The summed E-state index contributed by atoms with van der Waals surface area (Å²) in [7, 11) is -3.96. The average molecular weight is 638 g/mol. The van der Waals surface area contributed by atoms with E-state index in [4.69, 9.17) is 14.5 Å². The van der Waals surface area contributed by atoms with E-state index in [0.717, 1.165) is 24.2 Å². The molecule has 0 unspecified atom stereocenters. The summed E-state index contributed by atoms with van der Waals surface area (Å²) in [5.41, 5.74) is 2.16. The Labute approximate surface area is 262 Å². The van der Waals surface area contributed by atoms with Crippen LogP contribution in [0.2, 0.25) is 0 Å². The summed E-state index contributed by atoms with van der Waals surface area (Å²) in [4.78, 5) is 39.1. The van der Waals surface area contributed by atoms with E-state index in [1.807, 2.05) is 32.0 Å². The van der Waals surface area contributed by atoms with Gasteiger partial charge in [0.05, 0.1) is 41.6 Å². The molecule has 2 N–H and O–H groups in total. The van der Waals surface area contributed by atoms with Crippen LogP contribution in [-0.2, 0) is 27.7 Å². The number of aryl methyl sites for hydroxylation is 1. The first-order chi connectivity index (χ1) is 21.7. The second-order valence-corrected chi connectivity index (χ2v) is 12.6. The molecule has 14 heteroatoms. The standard InChI is InChI=1S/C31H39N7O6S/c1-4-9-25-27-28(35-38(25)20-22-10-7-8-15-32-22)30(39)34-29(33-27)24-19-23(11-12-26(24)44-18-5-2)45(41,42)36-21-13-16-37(17-14-21)31(40)43-6-3/h7-8,10-12,15,19,21,36H,4-6,9,13-14,16-18,20H2,1-3H3,(H,33,34,39). The Morgan fingerprint density at radius 3 is 2.58 bits per heavy atom. The third-order valence-electron chi connectivity index (χ3n) is 7.55. The number of amides is 1. The highest BCUT2D eigenvalue weighted by molar-refractivity contribution is 7.89. The molecule has 3 aromatic heterocycles. The van der Waals surface area contributed by atoms with Crippen molar-refractivity contribution in [2.45, 2.75) is 70.4 Å². The summed E-state index contributed by atoms with van der Waals surface area (Å²) >= 11 is 0. The lowest BCUT2D eigenvalue weighted by atomic mass is 10.1. The third-order valence-corrected chi connectivity index (χ3v) is 9.06. The molecule has 1 aliphatic heterocycles. The van der Waals surface area contributed by atoms with Crippen LogP contribution >= 0.6 is 0 Å². The van der Waals surface area contributed by atoms with Crippen LogP contribution in [0.4, 0.5) is 4.79 Å². The number of carbonyl (C=O) groups is 1. The molecular weight excluding hydrogens is 598 g/mol. The lowest BCUT2D eigenvalue weighted by Gasteiger charge is -2.31. The van der Waals surface area contributed by atoms with Gasteiger partial charge in [0.2, 0.25) is 10.0 Å². The van der Waals surface area contributed by atoms with Crippen molar-refractivity contribution in [2.24, 2.45) is 0 Å². The van der Waals surface area contributed by atoms with Gasteiger partial charge in [-0.3, -0.25) is 14.5 Å². The first-order valence-electron chi connectivity index (χ1n) is 15.3. The molecule has 0 spiro atoms. The molecule has 1 saturated heterocycles. The number of ether oxygens (including phenoxy) is 2. The molecule has 4 heterocycles. The maximum atomic E-state index is 13.6. The molecule has 1 fully saturated rings. The van der Waals surface area contributed by atoms with Gasteiger partial charge >= 0.3 is 6.09 Å². The molecule has 0 bridgehead atoms. The Balaban J connectivity index is 1.49. The number of H-pyrrole nitrogens is 1. The summed E-state index contributed by atoms with van der Waals surface area (Å²) in [5.74, 6) is 0.590. The van der Waals surface area contributed by atoms with Gasteiger partial charge in [0.1, 0.15) is 17.1 Å². The summed E-state index contributed by atoms with van der Waals surface area (Å²) in [6, 6.07) is 9.82. The van der Waals surface area contributed by atoms with Crippen molar-refractivity contribution in [3.63, 3.8) is 0 Å². The van der Waals surface area contributed by atoms with Gasteiger partial charge in [-0.25, -0.2) is 22.9 Å². The number of aromatic amines is 1. The van der Waals surface area contributed by atoms with E-state index in [-0.39, 0.29) is 28.9 Å². The van der Waals surface area contributed by atoms with Crippen molar-refractivity contribution in [2.75, 3.05) is 26.3 Å². The van der Waals surface area contributed by atoms with Crippen LogP contribution in [0.25, 0.3) is 22.4 Å². The smallest absolute Gasteiger partial charge is 0.409 e. The quantitative estimate of drug-likeness (QED) is 0.235. The van der Waals surface area contributed by atoms with E-state index in [9.17, 15) is 18.0 Å². The zero-order chi connectivity index (χ0) is 32.0. The number of carbonyl (C=O) groups excluding carboxylic acids is 1. The van der Waals surface area contributed by atoms with E-state index < -0.39 is 21.7 Å². The number of nitrogens with zero attached hydrogens (tertiary/aromatic N) is 5. The lowest BCUT2D eigenvalue weighted by Crippen LogP contribution is -2.46. The second kappa shape index (κ2) is 14.2. The van der Waals surface area contributed by atoms with Crippen molar-refractivity contribution in [3.05, 3.63) is 64.3 Å². The minimum absolute atomic E-state index is 0.0107. The van der Waals surface area contributed by atoms with Gasteiger partial charge in [0.25, 0.3) is 5.56 Å². The molecule has 0 radical (unpaired) electrons. The zero-order valence-corrected chi connectivity index (χ0v) is 26.6. The summed E-state index contributed by atoms with van der Waals surface area (Å²) in [6.07, 6.45) is 4.39. The maximum Gasteiger partial charge on any atom is 0.409 e. The number of fused-ring (bicyclic) bond motifs is 1. The van der Waals surface area contributed by atoms with E-state index in [1.165, 1.54) is 12.1 Å². The molecule has 1 amide bonds. The van der Waals surface area contributed by atoms with E-state index >= 15 is 0 Å². The van der Waals surface area contributed by atoms with Crippen LogP contribution in [0.5, 0.6) is 5.75 Å².